The molecule has 2 aliphatic carbocycles. The number of rotatable bonds is 7. The van der Waals surface area contributed by atoms with E-state index in [1.54, 1.807) is 0 Å². The molecule has 2 saturated carbocycles. The van der Waals surface area contributed by atoms with Crippen molar-refractivity contribution in [2.75, 3.05) is 0 Å². The summed E-state index contributed by atoms with van der Waals surface area (Å²) < 4.78 is 0. The first-order valence-corrected chi connectivity index (χ1v) is 17.4. The minimum absolute atomic E-state index is 0.335. The molecule has 0 radical (unpaired) electrons. The van der Waals surface area contributed by atoms with Crippen molar-refractivity contribution >= 4 is 0 Å². The fourth-order valence-electron chi connectivity index (χ4n) is 7.97. The van der Waals surface area contributed by atoms with Gasteiger partial charge in [0.25, 0.3) is 0 Å². The van der Waals surface area contributed by atoms with E-state index >= 15 is 0 Å². The van der Waals surface area contributed by atoms with Gasteiger partial charge in [0.15, 0.2) is 11.6 Å². The van der Waals surface area contributed by atoms with Crippen LogP contribution in [0, 0.1) is 5.92 Å². The molecule has 9 rings (SSSR count). The van der Waals surface area contributed by atoms with Crippen molar-refractivity contribution < 1.29 is 0 Å². The fourth-order valence-corrected chi connectivity index (χ4v) is 7.97. The minimum atomic E-state index is 0.335. The van der Waals surface area contributed by atoms with Gasteiger partial charge < -0.3 is 0 Å². The van der Waals surface area contributed by atoms with Crippen molar-refractivity contribution in [2.45, 2.75) is 37.5 Å². The Morgan fingerprint density at radius 3 is 1.27 bits per heavy atom. The second-order valence-corrected chi connectivity index (χ2v) is 13.6. The van der Waals surface area contributed by atoms with Crippen molar-refractivity contribution in [3.63, 3.8) is 0 Å². The molecule has 0 spiro atoms. The van der Waals surface area contributed by atoms with Crippen molar-refractivity contribution in [1.29, 1.82) is 0 Å². The molecule has 4 nitrogen and oxygen atoms in total. The summed E-state index contributed by atoms with van der Waals surface area (Å²) in [5.41, 5.74) is 11.6. The predicted molar refractivity (Wildman–Crippen MR) is 198 cm³/mol. The Balaban J connectivity index is 1.16. The van der Waals surface area contributed by atoms with Crippen LogP contribution < -0.4 is 0 Å². The first kappa shape index (κ1) is 29.4. The van der Waals surface area contributed by atoms with Crippen molar-refractivity contribution in [3.8, 4) is 67.8 Å². The monoisotopic (exact) mass is 632 g/mol. The number of hydrogen-bond donors (Lipinski definition) is 0. The molecule has 0 saturated heterocycles. The summed E-state index contributed by atoms with van der Waals surface area (Å²) in [6, 6.07) is 52.8. The molecule has 0 amide bonds. The Hall–Kier alpha value is -5.74. The molecule has 0 atom stereocenters. The maximum absolute atomic E-state index is 5.17. The average molecular weight is 633 g/mol. The summed E-state index contributed by atoms with van der Waals surface area (Å²) in [6.07, 6.45) is 6.66. The highest BCUT2D eigenvalue weighted by atomic mass is 14.9. The molecule has 2 heterocycles. The summed E-state index contributed by atoms with van der Waals surface area (Å²) in [7, 11) is 0. The third kappa shape index (κ3) is 5.74. The molecule has 236 valence electrons. The zero-order valence-corrected chi connectivity index (χ0v) is 27.3. The van der Waals surface area contributed by atoms with E-state index in [9.17, 15) is 0 Å². The molecular formula is C45H36N4. The van der Waals surface area contributed by atoms with Crippen LogP contribution in [-0.4, -0.2) is 19.9 Å². The van der Waals surface area contributed by atoms with Crippen LogP contribution in [0.3, 0.4) is 0 Å². The van der Waals surface area contributed by atoms with Crippen LogP contribution in [-0.2, 0) is 5.41 Å². The molecule has 0 unspecified atom stereocenters. The van der Waals surface area contributed by atoms with Crippen LogP contribution >= 0.6 is 0 Å². The van der Waals surface area contributed by atoms with Gasteiger partial charge in [-0.2, -0.15) is 0 Å². The van der Waals surface area contributed by atoms with Crippen LogP contribution in [0.15, 0.2) is 152 Å². The van der Waals surface area contributed by atoms with Crippen molar-refractivity contribution in [2.24, 2.45) is 5.92 Å². The van der Waals surface area contributed by atoms with Crippen molar-refractivity contribution in [3.05, 3.63) is 157 Å². The standard InChI is InChI=1S/C45H36N4/c1-4-12-32(13-5-1)39-28-40(47-43(46-39)33-14-6-2-7-15-33)35-18-10-19-36(26-35)41-29-42(49-44(48-41)34-16-8-3-9-17-34)37-20-11-21-38(27-37)45-24-22-31(30-45)23-25-45/h1-21,26-29,31H,22-25,30H2. The number of nitrogens with zero attached hydrogens (tertiary/aromatic N) is 4. The zero-order valence-electron chi connectivity index (χ0n) is 27.3. The van der Waals surface area contributed by atoms with Crippen LogP contribution in [0.4, 0.5) is 0 Å². The number of hydrogen-bond acceptors (Lipinski definition) is 4. The summed E-state index contributed by atoms with van der Waals surface area (Å²) in [5.74, 6) is 2.32. The van der Waals surface area contributed by atoms with Gasteiger partial charge in [-0.25, -0.2) is 19.9 Å². The molecule has 2 fully saturated rings. The van der Waals surface area contributed by atoms with E-state index in [-0.39, 0.29) is 0 Å². The molecule has 2 aromatic heterocycles. The van der Waals surface area contributed by atoms with E-state index in [0.717, 1.165) is 67.9 Å². The summed E-state index contributed by atoms with van der Waals surface area (Å²) >= 11 is 0. The van der Waals surface area contributed by atoms with E-state index in [1.165, 1.54) is 37.7 Å². The van der Waals surface area contributed by atoms with Crippen LogP contribution in [0.5, 0.6) is 0 Å². The number of fused-ring (bicyclic) bond motifs is 2. The Kier molecular flexibility index (Phi) is 7.42. The Bertz CT molecular complexity index is 2200. The Morgan fingerprint density at radius 2 is 0.796 bits per heavy atom. The first-order chi connectivity index (χ1) is 24.2. The van der Waals surface area contributed by atoms with E-state index in [4.69, 9.17) is 19.9 Å². The maximum Gasteiger partial charge on any atom is 0.160 e. The fraction of sp³-hybridized carbons (Fsp3) is 0.156. The lowest BCUT2D eigenvalue weighted by atomic mass is 9.77. The van der Waals surface area contributed by atoms with Crippen molar-refractivity contribution in [1.82, 2.24) is 19.9 Å². The Labute approximate surface area is 287 Å². The molecule has 5 aromatic carbocycles. The molecule has 2 bridgehead atoms. The van der Waals surface area contributed by atoms with Gasteiger partial charge in [0, 0.05) is 33.4 Å². The van der Waals surface area contributed by atoms with E-state index in [1.807, 2.05) is 54.6 Å². The lowest BCUT2D eigenvalue weighted by Crippen LogP contribution is -2.19. The SMILES string of the molecule is c1ccc(-c2cc(-c3cccc(-c4cc(-c5cccc(C67CCC(CC6)C7)c5)nc(-c5ccccc5)n4)c3)nc(-c3ccccc3)n2)cc1. The van der Waals surface area contributed by atoms with Gasteiger partial charge in [-0.15, -0.1) is 0 Å². The summed E-state index contributed by atoms with van der Waals surface area (Å²) in [6.45, 7) is 0. The van der Waals surface area contributed by atoms with Crippen LogP contribution in [0.25, 0.3) is 67.8 Å². The summed E-state index contributed by atoms with van der Waals surface area (Å²) in [5, 5.41) is 0. The normalized spacial score (nSPS) is 18.1. The van der Waals surface area contributed by atoms with Gasteiger partial charge in [-0.3, -0.25) is 0 Å². The van der Waals surface area contributed by atoms with Gasteiger partial charge in [0.1, 0.15) is 0 Å². The molecule has 2 aliphatic rings. The highest BCUT2D eigenvalue weighted by Gasteiger charge is 2.45. The topological polar surface area (TPSA) is 51.6 Å². The minimum Gasteiger partial charge on any atom is -0.228 e. The van der Waals surface area contributed by atoms with Gasteiger partial charge >= 0.3 is 0 Å². The van der Waals surface area contributed by atoms with Gasteiger partial charge in [0.2, 0.25) is 0 Å². The zero-order chi connectivity index (χ0) is 32.6. The van der Waals surface area contributed by atoms with Gasteiger partial charge in [-0.05, 0) is 73.3 Å². The molecule has 0 N–H and O–H groups in total. The third-order valence-electron chi connectivity index (χ3n) is 10.6. The highest BCUT2D eigenvalue weighted by Crippen LogP contribution is 2.55. The van der Waals surface area contributed by atoms with Crippen LogP contribution in [0.2, 0.25) is 0 Å². The lowest BCUT2D eigenvalue weighted by Gasteiger charge is -2.27. The quantitative estimate of drug-likeness (QED) is 0.175. The van der Waals surface area contributed by atoms with Crippen LogP contribution in [0.1, 0.15) is 37.7 Å². The van der Waals surface area contributed by atoms with Gasteiger partial charge in [-0.1, -0.05) is 127 Å². The van der Waals surface area contributed by atoms with E-state index in [0.29, 0.717) is 11.2 Å². The van der Waals surface area contributed by atoms with E-state index < -0.39 is 0 Å². The third-order valence-corrected chi connectivity index (χ3v) is 10.6. The average Bonchev–Trinajstić information content (AvgIpc) is 3.82. The number of benzene rings is 5. The smallest absolute Gasteiger partial charge is 0.160 e. The van der Waals surface area contributed by atoms with E-state index in [2.05, 4.69) is 97.1 Å². The predicted octanol–water partition coefficient (Wildman–Crippen LogP) is 11.1. The molecular weight excluding hydrogens is 597 g/mol. The first-order valence-electron chi connectivity index (χ1n) is 17.4. The second-order valence-electron chi connectivity index (χ2n) is 13.6. The van der Waals surface area contributed by atoms with Gasteiger partial charge in [0.05, 0.1) is 22.8 Å². The molecule has 7 aromatic rings. The Morgan fingerprint density at radius 1 is 0.388 bits per heavy atom. The summed E-state index contributed by atoms with van der Waals surface area (Å²) in [4.78, 5) is 20.4. The lowest BCUT2D eigenvalue weighted by molar-refractivity contribution is 0.419. The molecule has 0 aliphatic heterocycles. The number of aromatic nitrogens is 4. The second kappa shape index (κ2) is 12.4. The molecule has 49 heavy (non-hydrogen) atoms. The molecule has 4 heteroatoms. The highest BCUT2D eigenvalue weighted by molar-refractivity contribution is 5.77. The largest absolute Gasteiger partial charge is 0.228 e. The maximum atomic E-state index is 5.17.